The van der Waals surface area contributed by atoms with Crippen LogP contribution in [0, 0.1) is 6.92 Å². The van der Waals surface area contributed by atoms with E-state index in [1.54, 1.807) is 48.5 Å². The SMILES string of the molecule is Cc1c(-c2ccc(O)cc2Cl)nc(-c2ccc(O)cc2Cl)n1-c1ccc(O)cc1. The lowest BCUT2D eigenvalue weighted by molar-refractivity contribution is 0.474. The van der Waals surface area contributed by atoms with E-state index >= 15 is 0 Å². The molecule has 0 saturated heterocycles. The van der Waals surface area contributed by atoms with Crippen LogP contribution in [0.25, 0.3) is 28.3 Å². The van der Waals surface area contributed by atoms with Crippen LogP contribution in [-0.4, -0.2) is 24.9 Å². The maximum Gasteiger partial charge on any atom is 0.146 e. The molecule has 29 heavy (non-hydrogen) atoms. The molecule has 0 amide bonds. The van der Waals surface area contributed by atoms with Crippen molar-refractivity contribution in [2.45, 2.75) is 6.92 Å². The first-order valence-electron chi connectivity index (χ1n) is 8.71. The fraction of sp³-hybridized carbons (Fsp3) is 0.0455. The predicted molar refractivity (Wildman–Crippen MR) is 114 cm³/mol. The van der Waals surface area contributed by atoms with E-state index in [2.05, 4.69) is 0 Å². The molecule has 5 nitrogen and oxygen atoms in total. The number of aromatic nitrogens is 2. The van der Waals surface area contributed by atoms with Crippen molar-refractivity contribution < 1.29 is 15.3 Å². The van der Waals surface area contributed by atoms with Gasteiger partial charge in [-0.3, -0.25) is 4.57 Å². The van der Waals surface area contributed by atoms with E-state index in [0.29, 0.717) is 32.7 Å². The fourth-order valence-corrected chi connectivity index (χ4v) is 3.76. The maximum atomic E-state index is 9.72. The monoisotopic (exact) mass is 426 g/mol. The van der Waals surface area contributed by atoms with Gasteiger partial charge in [0.1, 0.15) is 23.1 Å². The highest BCUT2D eigenvalue weighted by Gasteiger charge is 2.21. The van der Waals surface area contributed by atoms with Crippen LogP contribution in [0.5, 0.6) is 17.2 Å². The van der Waals surface area contributed by atoms with E-state index in [-0.39, 0.29) is 17.2 Å². The number of phenolic OH excluding ortho intramolecular Hbond substituents is 3. The number of aromatic hydroxyl groups is 3. The van der Waals surface area contributed by atoms with Crippen LogP contribution in [0.15, 0.2) is 60.7 Å². The fourth-order valence-electron chi connectivity index (χ4n) is 3.24. The summed E-state index contributed by atoms with van der Waals surface area (Å²) in [4.78, 5) is 4.80. The number of hydrogen-bond donors (Lipinski definition) is 3. The summed E-state index contributed by atoms with van der Waals surface area (Å²) in [6.07, 6.45) is 0. The number of halogens is 2. The van der Waals surface area contributed by atoms with Crippen molar-refractivity contribution in [2.75, 3.05) is 0 Å². The standard InChI is InChI=1S/C22H16Cl2N2O3/c1-12-21(17-8-6-15(28)10-19(17)23)25-22(18-9-7-16(29)11-20(18)24)26(12)13-2-4-14(27)5-3-13/h2-11,27-29H,1H3. The van der Waals surface area contributed by atoms with Crippen LogP contribution in [0.4, 0.5) is 0 Å². The second-order valence-electron chi connectivity index (χ2n) is 6.55. The van der Waals surface area contributed by atoms with Crippen molar-refractivity contribution >= 4 is 23.2 Å². The molecule has 0 aliphatic heterocycles. The third-order valence-corrected chi connectivity index (χ3v) is 5.24. The molecule has 1 aromatic heterocycles. The van der Waals surface area contributed by atoms with E-state index in [1.165, 1.54) is 12.1 Å². The summed E-state index contributed by atoms with van der Waals surface area (Å²) < 4.78 is 1.90. The second kappa shape index (κ2) is 7.35. The zero-order chi connectivity index (χ0) is 20.7. The lowest BCUT2D eigenvalue weighted by Gasteiger charge is -2.12. The average molecular weight is 427 g/mol. The lowest BCUT2D eigenvalue weighted by Crippen LogP contribution is -2.00. The lowest BCUT2D eigenvalue weighted by atomic mass is 10.1. The molecule has 0 spiro atoms. The van der Waals surface area contributed by atoms with Crippen LogP contribution in [-0.2, 0) is 0 Å². The molecule has 0 saturated carbocycles. The Labute approximate surface area is 177 Å². The number of rotatable bonds is 3. The summed E-state index contributed by atoms with van der Waals surface area (Å²) in [7, 11) is 0. The van der Waals surface area contributed by atoms with Crippen LogP contribution in [0.3, 0.4) is 0 Å². The van der Waals surface area contributed by atoms with Gasteiger partial charge in [0.15, 0.2) is 0 Å². The Hall–Kier alpha value is -3.15. The summed E-state index contributed by atoms with van der Waals surface area (Å²) >= 11 is 12.8. The van der Waals surface area contributed by atoms with E-state index in [0.717, 1.165) is 11.4 Å². The van der Waals surface area contributed by atoms with Gasteiger partial charge in [0.05, 0.1) is 15.7 Å². The zero-order valence-corrected chi connectivity index (χ0v) is 16.8. The Morgan fingerprint density at radius 1 is 0.724 bits per heavy atom. The van der Waals surface area contributed by atoms with Crippen LogP contribution < -0.4 is 0 Å². The minimum Gasteiger partial charge on any atom is -0.508 e. The molecule has 0 aliphatic carbocycles. The summed E-state index contributed by atoms with van der Waals surface area (Å²) in [5.41, 5.74) is 3.48. The van der Waals surface area contributed by atoms with Crippen molar-refractivity contribution in [1.82, 2.24) is 9.55 Å². The molecule has 3 N–H and O–H groups in total. The minimum absolute atomic E-state index is 0.0556. The van der Waals surface area contributed by atoms with Gasteiger partial charge < -0.3 is 15.3 Å². The first kappa shape index (κ1) is 19.2. The molecular formula is C22H16Cl2N2O3. The highest BCUT2D eigenvalue weighted by molar-refractivity contribution is 6.34. The number of phenols is 3. The van der Waals surface area contributed by atoms with Gasteiger partial charge >= 0.3 is 0 Å². The maximum absolute atomic E-state index is 9.72. The van der Waals surface area contributed by atoms with Gasteiger partial charge in [0.25, 0.3) is 0 Å². The zero-order valence-electron chi connectivity index (χ0n) is 15.3. The number of hydrogen-bond acceptors (Lipinski definition) is 4. The van der Waals surface area contributed by atoms with Gasteiger partial charge in [0.2, 0.25) is 0 Å². The first-order valence-corrected chi connectivity index (χ1v) is 9.47. The van der Waals surface area contributed by atoms with E-state index in [1.807, 2.05) is 11.5 Å². The molecule has 7 heteroatoms. The smallest absolute Gasteiger partial charge is 0.146 e. The van der Waals surface area contributed by atoms with Crippen molar-refractivity contribution in [3.8, 4) is 45.6 Å². The molecule has 1 heterocycles. The molecule has 4 aromatic rings. The third-order valence-electron chi connectivity index (χ3n) is 4.62. The highest BCUT2D eigenvalue weighted by atomic mass is 35.5. The predicted octanol–water partition coefficient (Wildman–Crippen LogP) is 5.94. The quantitative estimate of drug-likeness (QED) is 0.378. The van der Waals surface area contributed by atoms with Gasteiger partial charge in [-0.2, -0.15) is 0 Å². The summed E-state index contributed by atoms with van der Waals surface area (Å²) in [6.45, 7) is 1.90. The molecular weight excluding hydrogens is 411 g/mol. The Morgan fingerprint density at radius 2 is 1.24 bits per heavy atom. The van der Waals surface area contributed by atoms with Crippen LogP contribution in [0.2, 0.25) is 10.0 Å². The largest absolute Gasteiger partial charge is 0.508 e. The summed E-state index contributed by atoms with van der Waals surface area (Å²) in [5.74, 6) is 0.825. The van der Waals surface area contributed by atoms with Crippen LogP contribution >= 0.6 is 23.2 Å². The van der Waals surface area contributed by atoms with Crippen molar-refractivity contribution in [3.05, 3.63) is 76.4 Å². The summed E-state index contributed by atoms with van der Waals surface area (Å²) in [5, 5.41) is 29.8. The Kier molecular flexibility index (Phi) is 4.86. The van der Waals surface area contributed by atoms with E-state index < -0.39 is 0 Å². The van der Waals surface area contributed by atoms with Gasteiger partial charge in [-0.25, -0.2) is 4.98 Å². The van der Waals surface area contributed by atoms with Crippen LogP contribution in [0.1, 0.15) is 5.69 Å². The van der Waals surface area contributed by atoms with E-state index in [4.69, 9.17) is 28.2 Å². The van der Waals surface area contributed by atoms with Gasteiger partial charge in [-0.05, 0) is 67.6 Å². The normalized spacial score (nSPS) is 11.0. The Balaban J connectivity index is 2.01. The number of benzene rings is 3. The molecule has 0 radical (unpaired) electrons. The van der Waals surface area contributed by atoms with Crippen molar-refractivity contribution in [3.63, 3.8) is 0 Å². The second-order valence-corrected chi connectivity index (χ2v) is 7.36. The molecule has 0 aliphatic rings. The Bertz CT molecular complexity index is 1220. The van der Waals surface area contributed by atoms with E-state index in [9.17, 15) is 15.3 Å². The molecule has 0 bridgehead atoms. The van der Waals surface area contributed by atoms with Crippen molar-refractivity contribution in [2.24, 2.45) is 0 Å². The topological polar surface area (TPSA) is 78.5 Å². The molecule has 0 fully saturated rings. The Morgan fingerprint density at radius 3 is 1.79 bits per heavy atom. The first-order chi connectivity index (χ1) is 13.8. The summed E-state index contributed by atoms with van der Waals surface area (Å²) in [6, 6.07) is 16.1. The van der Waals surface area contributed by atoms with Crippen molar-refractivity contribution in [1.29, 1.82) is 0 Å². The number of imidazole rings is 1. The van der Waals surface area contributed by atoms with Gasteiger partial charge in [0, 0.05) is 22.5 Å². The van der Waals surface area contributed by atoms with Gasteiger partial charge in [-0.1, -0.05) is 23.2 Å². The molecule has 0 unspecified atom stereocenters. The molecule has 3 aromatic carbocycles. The highest BCUT2D eigenvalue weighted by Crippen LogP contribution is 2.38. The molecule has 4 rings (SSSR count). The van der Waals surface area contributed by atoms with Gasteiger partial charge in [-0.15, -0.1) is 0 Å². The number of nitrogens with zero attached hydrogens (tertiary/aromatic N) is 2. The molecule has 0 atom stereocenters. The molecule has 146 valence electrons. The third kappa shape index (κ3) is 3.50. The average Bonchev–Trinajstić information content (AvgIpc) is 2.99. The minimum atomic E-state index is 0.0556.